The molecule has 0 heterocycles. The van der Waals surface area contributed by atoms with E-state index in [0.29, 0.717) is 26.2 Å². The van der Waals surface area contributed by atoms with Crippen molar-refractivity contribution in [1.29, 1.82) is 0 Å². The summed E-state index contributed by atoms with van der Waals surface area (Å²) in [6.45, 7) is 1.40. The van der Waals surface area contributed by atoms with Crippen LogP contribution in [0.3, 0.4) is 0 Å². The predicted molar refractivity (Wildman–Crippen MR) is 24.7 cm³/mol. The van der Waals surface area contributed by atoms with E-state index in [9.17, 15) is 4.79 Å². The summed E-state index contributed by atoms with van der Waals surface area (Å²) in [6.07, 6.45) is 0. The van der Waals surface area contributed by atoms with Crippen LogP contribution in [0.2, 0.25) is 0 Å². The Balaban J connectivity index is -0.0000000800. The molecule has 7 heavy (non-hydrogen) atoms. The largest absolute Gasteiger partial charge is 0.412 e. The first kappa shape index (κ1) is 15.7. The molecule has 0 aliphatic carbocycles. The van der Waals surface area contributed by atoms with Gasteiger partial charge in [0.15, 0.2) is 0 Å². The smallest absolute Gasteiger partial charge is 0.412 e. The number of carbonyl (C=O) groups is 1. The standard InChI is InChI=1S/C2H4O2.2H2O.Pb/c1-2(3)4;;;/h1H3,(H,3,4);2*1H2;/q;;;+1/p-1. The van der Waals surface area contributed by atoms with Crippen LogP contribution in [0, 0.1) is 0 Å². The average molecular weight is 302 g/mol. The molecule has 0 spiro atoms. The summed E-state index contributed by atoms with van der Waals surface area (Å²) in [5.41, 5.74) is 0. The van der Waals surface area contributed by atoms with E-state index in [2.05, 4.69) is 2.69 Å². The third kappa shape index (κ3) is 22.0. The van der Waals surface area contributed by atoms with Crippen LogP contribution in [0.25, 0.3) is 0 Å². The van der Waals surface area contributed by atoms with Gasteiger partial charge in [-0.2, -0.15) is 0 Å². The van der Waals surface area contributed by atoms with Gasteiger partial charge in [0.25, 0.3) is 0 Å². The normalized spacial score (nSPS) is 4.86. The monoisotopic (exact) mass is 303 g/mol. The van der Waals surface area contributed by atoms with Crippen LogP contribution in [-0.4, -0.2) is 43.1 Å². The summed E-state index contributed by atoms with van der Waals surface area (Å²) in [4.78, 5) is 9.62. The van der Waals surface area contributed by atoms with Crippen molar-refractivity contribution in [2.24, 2.45) is 0 Å². The second-order valence-electron chi connectivity index (χ2n) is 0.594. The second kappa shape index (κ2) is 9.58. The first-order valence-electron chi connectivity index (χ1n) is 1.11. The van der Waals surface area contributed by atoms with Gasteiger partial charge >= 0.3 is 46.6 Å². The van der Waals surface area contributed by atoms with Crippen LogP contribution in [0.15, 0.2) is 0 Å². The van der Waals surface area contributed by atoms with Crippen LogP contribution < -0.4 is 0 Å². The van der Waals surface area contributed by atoms with Crippen LogP contribution in [-0.2, 0) is 7.48 Å². The van der Waals surface area contributed by atoms with Crippen LogP contribution in [0.1, 0.15) is 6.92 Å². The Hall–Kier alpha value is 0.312. The average Bonchev–Trinajstić information content (AvgIpc) is 1.38. The minimum Gasteiger partial charge on any atom is -0.412 e. The molecule has 0 aromatic rings. The van der Waals surface area contributed by atoms with Crippen molar-refractivity contribution in [3.8, 4) is 0 Å². The molecule has 4 nitrogen and oxygen atoms in total. The Bertz CT molecular complexity index is 45.0. The van der Waals surface area contributed by atoms with Crippen molar-refractivity contribution in [3.63, 3.8) is 0 Å². The summed E-state index contributed by atoms with van der Waals surface area (Å²) < 4.78 is 4.25. The Morgan fingerprint density at radius 2 is 1.71 bits per heavy atom. The molecular formula is C2H7O4Pb. The fourth-order valence-electron chi connectivity index (χ4n) is 0. The molecule has 4 N–H and O–H groups in total. The first-order chi connectivity index (χ1) is 2.27. The molecule has 0 aromatic heterocycles. The Morgan fingerprint density at radius 1 is 1.57 bits per heavy atom. The quantitative estimate of drug-likeness (QED) is 0.484. The molecule has 0 rings (SSSR count). The van der Waals surface area contributed by atoms with Crippen LogP contribution in [0.4, 0.5) is 0 Å². The van der Waals surface area contributed by atoms with Crippen molar-refractivity contribution in [2.75, 3.05) is 0 Å². The van der Waals surface area contributed by atoms with E-state index in [1.165, 1.54) is 6.92 Å². The zero-order valence-corrected chi connectivity index (χ0v) is 7.70. The maximum Gasteiger partial charge on any atom is -0.412 e. The van der Waals surface area contributed by atoms with Gasteiger partial charge in [-0.25, -0.2) is 0 Å². The molecule has 0 aromatic carbocycles. The molecule has 0 amide bonds. The zero-order valence-electron chi connectivity index (χ0n) is 3.82. The molecule has 0 atom stereocenters. The number of carbonyl (C=O) groups excluding carboxylic acids is 1. The molecule has 43 valence electrons. The van der Waals surface area contributed by atoms with Crippen molar-refractivity contribution in [2.45, 2.75) is 6.92 Å². The summed E-state index contributed by atoms with van der Waals surface area (Å²) in [5, 5.41) is 0. The number of hydrogen-bond donors (Lipinski definition) is 0. The van der Waals surface area contributed by atoms with Crippen molar-refractivity contribution in [3.05, 3.63) is 0 Å². The molecule has 0 saturated heterocycles. The molecular weight excluding hydrogens is 295 g/mol. The maximum absolute atomic E-state index is 9.62. The Morgan fingerprint density at radius 3 is 1.71 bits per heavy atom. The number of hydrogen-bond acceptors (Lipinski definition) is 2. The summed E-state index contributed by atoms with van der Waals surface area (Å²) >= 11 is 0.524. The number of rotatable bonds is 0. The van der Waals surface area contributed by atoms with Gasteiger partial charge in [0.1, 0.15) is 0 Å². The SMILES string of the molecule is CC(=O)[O][Pb].O.O. The zero-order chi connectivity index (χ0) is 4.28. The van der Waals surface area contributed by atoms with E-state index in [4.69, 9.17) is 0 Å². The molecule has 0 bridgehead atoms. The second-order valence-corrected chi connectivity index (χ2v) is 1.39. The maximum atomic E-state index is 9.62. The summed E-state index contributed by atoms with van der Waals surface area (Å²) in [7, 11) is 0. The molecule has 0 unspecified atom stereocenters. The molecule has 0 saturated carbocycles. The van der Waals surface area contributed by atoms with E-state index >= 15 is 0 Å². The van der Waals surface area contributed by atoms with Crippen molar-refractivity contribution in [1.82, 2.24) is 0 Å². The molecule has 3 radical (unpaired) electrons. The van der Waals surface area contributed by atoms with Gasteiger partial charge < -0.3 is 11.0 Å². The topological polar surface area (TPSA) is 89.3 Å². The summed E-state index contributed by atoms with van der Waals surface area (Å²) in [6, 6.07) is 0. The van der Waals surface area contributed by atoms with Crippen LogP contribution in [0.5, 0.6) is 0 Å². The first-order valence-corrected chi connectivity index (χ1v) is 2.70. The molecule has 0 aliphatic heterocycles. The van der Waals surface area contributed by atoms with Crippen LogP contribution >= 0.6 is 0 Å². The van der Waals surface area contributed by atoms with Gasteiger partial charge in [-0.05, 0) is 0 Å². The van der Waals surface area contributed by atoms with Gasteiger partial charge in [0.2, 0.25) is 0 Å². The van der Waals surface area contributed by atoms with Crippen molar-refractivity contribution < 1.29 is 18.4 Å². The molecule has 0 fully saturated rings. The van der Waals surface area contributed by atoms with E-state index in [1.54, 1.807) is 0 Å². The van der Waals surface area contributed by atoms with Crippen molar-refractivity contribution >= 4 is 32.2 Å². The van der Waals surface area contributed by atoms with Gasteiger partial charge in [-0.15, -0.1) is 0 Å². The van der Waals surface area contributed by atoms with Gasteiger partial charge in [0.05, 0.1) is 0 Å². The third-order valence-corrected chi connectivity index (χ3v) is 1.26. The molecule has 0 aliphatic rings. The van der Waals surface area contributed by atoms with Gasteiger partial charge in [-0.3, -0.25) is 0 Å². The molecule has 5 heteroatoms. The Kier molecular flexibility index (Phi) is 21.4. The minimum absolute atomic E-state index is 0. The van der Waals surface area contributed by atoms with Gasteiger partial charge in [-0.1, -0.05) is 0 Å². The third-order valence-electron chi connectivity index (χ3n) is 0.144. The van der Waals surface area contributed by atoms with E-state index in [1.807, 2.05) is 0 Å². The summed E-state index contributed by atoms with van der Waals surface area (Å²) in [5.74, 6) is -0.184. The minimum atomic E-state index is -0.184. The van der Waals surface area contributed by atoms with Gasteiger partial charge in [0, 0.05) is 0 Å². The fraction of sp³-hybridized carbons (Fsp3) is 0.500. The Labute approximate surface area is 57.8 Å². The predicted octanol–water partition coefficient (Wildman–Crippen LogP) is -2.02. The van der Waals surface area contributed by atoms with E-state index in [0.717, 1.165) is 0 Å². The fourth-order valence-corrected chi connectivity index (χ4v) is 0. The van der Waals surface area contributed by atoms with E-state index in [-0.39, 0.29) is 16.9 Å². The van der Waals surface area contributed by atoms with E-state index < -0.39 is 0 Å².